The van der Waals surface area contributed by atoms with Gasteiger partial charge in [0, 0.05) is 19.0 Å². The number of carbonyl (C=O) groups excluding carboxylic acids is 2. The van der Waals surface area contributed by atoms with Crippen molar-refractivity contribution in [2.45, 2.75) is 12.3 Å². The van der Waals surface area contributed by atoms with Crippen molar-refractivity contribution < 1.29 is 23.5 Å². The van der Waals surface area contributed by atoms with E-state index >= 15 is 0 Å². The van der Waals surface area contributed by atoms with E-state index in [4.69, 9.17) is 9.47 Å². The van der Waals surface area contributed by atoms with Crippen molar-refractivity contribution in [1.82, 2.24) is 4.90 Å². The van der Waals surface area contributed by atoms with E-state index < -0.39 is 12.1 Å². The van der Waals surface area contributed by atoms with E-state index in [0.717, 1.165) is 5.56 Å². The van der Waals surface area contributed by atoms with Crippen LogP contribution in [0.5, 0.6) is 5.75 Å². The van der Waals surface area contributed by atoms with Gasteiger partial charge in [-0.2, -0.15) is 0 Å². The first-order chi connectivity index (χ1) is 15.6. The van der Waals surface area contributed by atoms with Gasteiger partial charge in [0.25, 0.3) is 0 Å². The average Bonchev–Trinajstić information content (AvgIpc) is 2.84. The normalized spacial score (nSPS) is 18.1. The number of hydrogen-bond donors (Lipinski definition) is 0. The fraction of sp³-hybridized carbons (Fsp3) is 0.231. The van der Waals surface area contributed by atoms with Gasteiger partial charge in [-0.3, -0.25) is 0 Å². The van der Waals surface area contributed by atoms with Gasteiger partial charge in [-0.1, -0.05) is 48.5 Å². The second kappa shape index (κ2) is 10.1. The monoisotopic (exact) mass is 433 g/mol. The van der Waals surface area contributed by atoms with Crippen LogP contribution in [0.2, 0.25) is 0 Å². The maximum Gasteiger partial charge on any atom is 0.415 e. The number of ether oxygens (including phenoxy) is 2. The standard InChI is InChI=1S/C26H24FNO4/c27-22-13-11-19(12-14-22)24-15-16-28(26(30)32-23-9-5-2-6-10-23)17-21(24)18-31-25(29)20-7-3-1-4-8-20/h1-14,21,24H,15-18H2/t21-,24-/m0/s1. The molecule has 1 aliphatic heterocycles. The molecule has 1 heterocycles. The van der Waals surface area contributed by atoms with E-state index in [1.807, 2.05) is 12.1 Å². The summed E-state index contributed by atoms with van der Waals surface area (Å²) in [6.45, 7) is 1.01. The minimum Gasteiger partial charge on any atom is -0.462 e. The zero-order chi connectivity index (χ0) is 22.3. The van der Waals surface area contributed by atoms with E-state index in [0.29, 0.717) is 30.8 Å². The number of carbonyl (C=O) groups is 2. The Morgan fingerprint density at radius 3 is 2.25 bits per heavy atom. The number of nitrogens with zero attached hydrogens (tertiary/aromatic N) is 1. The van der Waals surface area contributed by atoms with Crippen LogP contribution in [0, 0.1) is 11.7 Å². The largest absolute Gasteiger partial charge is 0.462 e. The molecule has 1 aliphatic rings. The van der Waals surface area contributed by atoms with Gasteiger partial charge < -0.3 is 14.4 Å². The number of esters is 1. The highest BCUT2D eigenvalue weighted by Gasteiger charge is 2.34. The summed E-state index contributed by atoms with van der Waals surface area (Å²) in [6, 6.07) is 24.1. The fourth-order valence-corrected chi connectivity index (χ4v) is 4.01. The van der Waals surface area contributed by atoms with Crippen molar-refractivity contribution in [3.8, 4) is 5.75 Å². The molecule has 32 heavy (non-hydrogen) atoms. The molecule has 0 unspecified atom stereocenters. The first kappa shape index (κ1) is 21.6. The molecule has 0 aromatic heterocycles. The SMILES string of the molecule is O=C(OC[C@@H]1CN(C(=O)Oc2ccccc2)CC[C@H]1c1ccc(F)cc1)c1ccccc1. The lowest BCUT2D eigenvalue weighted by molar-refractivity contribution is 0.0328. The van der Waals surface area contributed by atoms with Crippen LogP contribution in [0.25, 0.3) is 0 Å². The highest BCUT2D eigenvalue weighted by atomic mass is 19.1. The Kier molecular flexibility index (Phi) is 6.80. The highest BCUT2D eigenvalue weighted by molar-refractivity contribution is 5.89. The lowest BCUT2D eigenvalue weighted by atomic mass is 9.81. The summed E-state index contributed by atoms with van der Waals surface area (Å²) in [5, 5.41) is 0. The van der Waals surface area contributed by atoms with E-state index in [9.17, 15) is 14.0 Å². The maximum atomic E-state index is 13.4. The van der Waals surface area contributed by atoms with Crippen LogP contribution in [0.1, 0.15) is 28.3 Å². The molecule has 164 valence electrons. The molecule has 1 saturated heterocycles. The Bertz CT molecular complexity index is 1040. The molecule has 1 fully saturated rings. The van der Waals surface area contributed by atoms with Gasteiger partial charge in [0.15, 0.2) is 0 Å². The van der Waals surface area contributed by atoms with Crippen LogP contribution in [0.4, 0.5) is 9.18 Å². The van der Waals surface area contributed by atoms with Gasteiger partial charge in [-0.05, 0) is 54.3 Å². The highest BCUT2D eigenvalue weighted by Crippen LogP contribution is 2.34. The first-order valence-electron chi connectivity index (χ1n) is 10.6. The molecule has 3 aromatic rings. The molecule has 0 bridgehead atoms. The molecule has 1 amide bonds. The molecular formula is C26H24FNO4. The van der Waals surface area contributed by atoms with Crippen LogP contribution < -0.4 is 4.74 Å². The van der Waals surface area contributed by atoms with Crippen LogP contribution >= 0.6 is 0 Å². The Morgan fingerprint density at radius 2 is 1.56 bits per heavy atom. The van der Waals surface area contributed by atoms with Gasteiger partial charge in [-0.25, -0.2) is 14.0 Å². The minimum absolute atomic E-state index is 0.0277. The number of amides is 1. The summed E-state index contributed by atoms with van der Waals surface area (Å²) < 4.78 is 24.5. The van der Waals surface area contributed by atoms with Crippen molar-refractivity contribution in [2.75, 3.05) is 19.7 Å². The molecule has 5 nitrogen and oxygen atoms in total. The third kappa shape index (κ3) is 5.32. The quantitative estimate of drug-likeness (QED) is 0.513. The number of halogens is 1. The summed E-state index contributed by atoms with van der Waals surface area (Å²) in [4.78, 5) is 26.8. The molecule has 0 N–H and O–H groups in total. The van der Waals surface area contributed by atoms with Gasteiger partial charge in [0.2, 0.25) is 0 Å². The molecule has 4 rings (SSSR count). The van der Waals surface area contributed by atoms with Gasteiger partial charge in [0.1, 0.15) is 11.6 Å². The molecule has 2 atom stereocenters. The number of hydrogen-bond acceptors (Lipinski definition) is 4. The van der Waals surface area contributed by atoms with Crippen LogP contribution in [0.15, 0.2) is 84.9 Å². The second-order valence-electron chi connectivity index (χ2n) is 7.80. The Morgan fingerprint density at radius 1 is 0.906 bits per heavy atom. The van der Waals surface area contributed by atoms with Crippen LogP contribution in [0.3, 0.4) is 0 Å². The van der Waals surface area contributed by atoms with E-state index in [1.54, 1.807) is 65.6 Å². The van der Waals surface area contributed by atoms with Crippen molar-refractivity contribution in [3.05, 3.63) is 102 Å². The Labute approximate surface area is 186 Å². The molecule has 0 saturated carbocycles. The molecule has 3 aromatic carbocycles. The topological polar surface area (TPSA) is 55.8 Å². The van der Waals surface area contributed by atoms with Gasteiger partial charge in [-0.15, -0.1) is 0 Å². The van der Waals surface area contributed by atoms with E-state index in [-0.39, 0.29) is 24.3 Å². The zero-order valence-electron chi connectivity index (χ0n) is 17.5. The molecular weight excluding hydrogens is 409 g/mol. The van der Waals surface area contributed by atoms with Crippen LogP contribution in [-0.4, -0.2) is 36.7 Å². The van der Waals surface area contributed by atoms with Crippen molar-refractivity contribution in [1.29, 1.82) is 0 Å². The smallest absolute Gasteiger partial charge is 0.415 e. The number of piperidine rings is 1. The lowest BCUT2D eigenvalue weighted by Gasteiger charge is -2.38. The predicted octanol–water partition coefficient (Wildman–Crippen LogP) is 5.29. The third-order valence-electron chi connectivity index (χ3n) is 5.68. The summed E-state index contributed by atoms with van der Waals surface area (Å²) in [7, 11) is 0. The molecule has 6 heteroatoms. The third-order valence-corrected chi connectivity index (χ3v) is 5.68. The average molecular weight is 433 g/mol. The number of rotatable bonds is 5. The van der Waals surface area contributed by atoms with Crippen LogP contribution in [-0.2, 0) is 4.74 Å². The molecule has 0 radical (unpaired) electrons. The fourth-order valence-electron chi connectivity index (χ4n) is 4.01. The summed E-state index contributed by atoms with van der Waals surface area (Å²) in [5.41, 5.74) is 1.44. The molecule has 0 spiro atoms. The van der Waals surface area contributed by atoms with E-state index in [2.05, 4.69) is 0 Å². The summed E-state index contributed by atoms with van der Waals surface area (Å²) in [5.74, 6) is -0.354. The zero-order valence-corrected chi connectivity index (χ0v) is 17.5. The Hall–Kier alpha value is -3.67. The van der Waals surface area contributed by atoms with Crippen molar-refractivity contribution >= 4 is 12.1 Å². The second-order valence-corrected chi connectivity index (χ2v) is 7.80. The van der Waals surface area contributed by atoms with Crippen molar-refractivity contribution in [2.24, 2.45) is 5.92 Å². The van der Waals surface area contributed by atoms with Gasteiger partial charge in [0.05, 0.1) is 12.2 Å². The number of likely N-dealkylation sites (tertiary alicyclic amines) is 1. The number of benzene rings is 3. The first-order valence-corrected chi connectivity index (χ1v) is 10.6. The van der Waals surface area contributed by atoms with Crippen molar-refractivity contribution in [3.63, 3.8) is 0 Å². The van der Waals surface area contributed by atoms with Gasteiger partial charge >= 0.3 is 12.1 Å². The summed E-state index contributed by atoms with van der Waals surface area (Å²) in [6.07, 6.45) is 0.219. The van der Waals surface area contributed by atoms with E-state index in [1.165, 1.54) is 12.1 Å². The summed E-state index contributed by atoms with van der Waals surface area (Å²) >= 11 is 0. The molecule has 0 aliphatic carbocycles. The maximum absolute atomic E-state index is 13.4. The number of para-hydroxylation sites is 1. The predicted molar refractivity (Wildman–Crippen MR) is 118 cm³/mol. The lowest BCUT2D eigenvalue weighted by Crippen LogP contribution is -2.45. The minimum atomic E-state index is -0.437. The Balaban J connectivity index is 1.47.